The fraction of sp³-hybridized carbons (Fsp3) is 0.375. The molecule has 116 valence electrons. The number of carbonyl (C=O) groups excluding carboxylic acids is 1. The van der Waals surface area contributed by atoms with Gasteiger partial charge in [-0.3, -0.25) is 4.79 Å². The number of carbonyl (C=O) groups is 1. The summed E-state index contributed by atoms with van der Waals surface area (Å²) in [6, 6.07) is 7.86. The van der Waals surface area contributed by atoms with Gasteiger partial charge in [-0.1, -0.05) is 17.7 Å². The lowest BCUT2D eigenvalue weighted by Crippen LogP contribution is -2.48. The van der Waals surface area contributed by atoms with E-state index < -0.39 is 0 Å². The van der Waals surface area contributed by atoms with E-state index in [1.807, 2.05) is 33.9 Å². The summed E-state index contributed by atoms with van der Waals surface area (Å²) < 4.78 is 1.93. The Kier molecular flexibility index (Phi) is 4.63. The van der Waals surface area contributed by atoms with Crippen LogP contribution in [0.4, 0.5) is 5.69 Å². The predicted molar refractivity (Wildman–Crippen MR) is 87.1 cm³/mol. The molecule has 0 unspecified atom stereocenters. The standard InChI is InChI=1S/C16H19ClN4O/c17-14-2-1-3-15(12-14)20-8-10-21(11-9-20)16(22)4-6-19-7-5-18-13-19/h1-3,5,7,12-13H,4,6,8-11H2. The van der Waals surface area contributed by atoms with Gasteiger partial charge in [0.2, 0.25) is 5.91 Å². The van der Waals surface area contributed by atoms with E-state index in [1.165, 1.54) is 0 Å². The van der Waals surface area contributed by atoms with Gasteiger partial charge in [-0.05, 0) is 18.2 Å². The van der Waals surface area contributed by atoms with Crippen molar-refractivity contribution in [2.24, 2.45) is 0 Å². The molecule has 2 aromatic rings. The third-order valence-electron chi connectivity index (χ3n) is 3.95. The first-order chi connectivity index (χ1) is 10.7. The molecule has 0 radical (unpaired) electrons. The van der Waals surface area contributed by atoms with Crippen molar-refractivity contribution in [1.82, 2.24) is 14.5 Å². The zero-order valence-corrected chi connectivity index (χ0v) is 13.1. The summed E-state index contributed by atoms with van der Waals surface area (Å²) in [5.41, 5.74) is 1.12. The highest BCUT2D eigenvalue weighted by atomic mass is 35.5. The minimum atomic E-state index is 0.208. The van der Waals surface area contributed by atoms with Crippen LogP contribution in [0, 0.1) is 0 Å². The molecule has 1 aromatic carbocycles. The lowest BCUT2D eigenvalue weighted by Gasteiger charge is -2.36. The summed E-state index contributed by atoms with van der Waals surface area (Å²) in [5, 5.41) is 0.747. The van der Waals surface area contributed by atoms with Crippen LogP contribution in [-0.2, 0) is 11.3 Å². The molecule has 22 heavy (non-hydrogen) atoms. The monoisotopic (exact) mass is 318 g/mol. The Balaban J connectivity index is 1.49. The van der Waals surface area contributed by atoms with Crippen LogP contribution in [0.5, 0.6) is 0 Å². The van der Waals surface area contributed by atoms with Crippen molar-refractivity contribution in [2.75, 3.05) is 31.1 Å². The van der Waals surface area contributed by atoms with E-state index in [9.17, 15) is 4.79 Å². The third-order valence-corrected chi connectivity index (χ3v) is 4.18. The molecule has 2 heterocycles. The molecule has 0 spiro atoms. The largest absolute Gasteiger partial charge is 0.368 e. The molecule has 1 aliphatic heterocycles. The number of hydrogen-bond acceptors (Lipinski definition) is 3. The molecule has 0 atom stereocenters. The molecule has 5 nitrogen and oxygen atoms in total. The zero-order valence-electron chi connectivity index (χ0n) is 12.4. The lowest BCUT2D eigenvalue weighted by molar-refractivity contribution is -0.131. The first-order valence-corrected chi connectivity index (χ1v) is 7.84. The number of rotatable bonds is 4. The Morgan fingerprint density at radius 3 is 2.73 bits per heavy atom. The number of aromatic nitrogens is 2. The van der Waals surface area contributed by atoms with Crippen molar-refractivity contribution in [2.45, 2.75) is 13.0 Å². The van der Waals surface area contributed by atoms with Gasteiger partial charge in [-0.15, -0.1) is 0 Å². The van der Waals surface area contributed by atoms with Crippen molar-refractivity contribution in [3.8, 4) is 0 Å². The molecule has 6 heteroatoms. The quantitative estimate of drug-likeness (QED) is 0.868. The first kappa shape index (κ1) is 14.9. The molecule has 0 aliphatic carbocycles. The van der Waals surface area contributed by atoms with E-state index in [0.717, 1.165) is 36.9 Å². The Morgan fingerprint density at radius 1 is 1.23 bits per heavy atom. The summed E-state index contributed by atoms with van der Waals surface area (Å²) in [6.07, 6.45) is 5.87. The number of aryl methyl sites for hydroxylation is 1. The maximum Gasteiger partial charge on any atom is 0.224 e. The van der Waals surface area contributed by atoms with Crippen molar-refractivity contribution in [1.29, 1.82) is 0 Å². The minimum Gasteiger partial charge on any atom is -0.368 e. The van der Waals surface area contributed by atoms with Crippen LogP contribution in [0.15, 0.2) is 43.0 Å². The van der Waals surface area contributed by atoms with Gasteiger partial charge in [0.25, 0.3) is 0 Å². The average Bonchev–Trinajstić information content (AvgIpc) is 3.06. The highest BCUT2D eigenvalue weighted by Crippen LogP contribution is 2.20. The van der Waals surface area contributed by atoms with E-state index in [0.29, 0.717) is 13.0 Å². The summed E-state index contributed by atoms with van der Waals surface area (Å²) >= 11 is 6.03. The van der Waals surface area contributed by atoms with Crippen LogP contribution in [0.2, 0.25) is 5.02 Å². The predicted octanol–water partition coefficient (Wildman–Crippen LogP) is 2.28. The van der Waals surface area contributed by atoms with Gasteiger partial charge < -0.3 is 14.4 Å². The second kappa shape index (κ2) is 6.83. The smallest absolute Gasteiger partial charge is 0.224 e. The molecule has 3 rings (SSSR count). The number of halogens is 1. The summed E-state index contributed by atoms with van der Waals surface area (Å²) in [5.74, 6) is 0.208. The molecular formula is C16H19ClN4O. The minimum absolute atomic E-state index is 0.208. The van der Waals surface area contributed by atoms with Gasteiger partial charge in [0.1, 0.15) is 0 Å². The fourth-order valence-corrected chi connectivity index (χ4v) is 2.87. The van der Waals surface area contributed by atoms with E-state index in [4.69, 9.17) is 11.6 Å². The zero-order chi connectivity index (χ0) is 15.4. The maximum atomic E-state index is 12.2. The van der Waals surface area contributed by atoms with Crippen LogP contribution in [0.1, 0.15) is 6.42 Å². The number of imidazole rings is 1. The number of piperazine rings is 1. The highest BCUT2D eigenvalue weighted by molar-refractivity contribution is 6.30. The van der Waals surface area contributed by atoms with Crippen LogP contribution in [0.25, 0.3) is 0 Å². The molecule has 0 bridgehead atoms. The second-order valence-corrected chi connectivity index (χ2v) is 5.83. The highest BCUT2D eigenvalue weighted by Gasteiger charge is 2.21. The SMILES string of the molecule is O=C(CCn1ccnc1)N1CCN(c2cccc(Cl)c2)CC1. The molecule has 1 saturated heterocycles. The van der Waals surface area contributed by atoms with E-state index >= 15 is 0 Å². The molecule has 1 fully saturated rings. The molecule has 1 aromatic heterocycles. The normalized spacial score (nSPS) is 15.1. The Labute approximate surface area is 135 Å². The summed E-state index contributed by atoms with van der Waals surface area (Å²) in [7, 11) is 0. The number of hydrogen-bond donors (Lipinski definition) is 0. The van der Waals surface area contributed by atoms with Crippen molar-refractivity contribution >= 4 is 23.2 Å². The number of nitrogens with zero attached hydrogens (tertiary/aromatic N) is 4. The molecule has 1 amide bonds. The van der Waals surface area contributed by atoms with Crippen LogP contribution >= 0.6 is 11.6 Å². The van der Waals surface area contributed by atoms with Crippen LogP contribution < -0.4 is 4.90 Å². The Morgan fingerprint density at radius 2 is 2.05 bits per heavy atom. The third kappa shape index (κ3) is 3.60. The number of benzene rings is 1. The topological polar surface area (TPSA) is 41.4 Å². The van der Waals surface area contributed by atoms with Crippen molar-refractivity contribution in [3.05, 3.63) is 48.0 Å². The molecule has 0 N–H and O–H groups in total. The molecule has 1 aliphatic rings. The van der Waals surface area contributed by atoms with Gasteiger partial charge in [0, 0.05) is 62.2 Å². The van der Waals surface area contributed by atoms with Gasteiger partial charge >= 0.3 is 0 Å². The van der Waals surface area contributed by atoms with Gasteiger partial charge in [0.15, 0.2) is 0 Å². The lowest BCUT2D eigenvalue weighted by atomic mass is 10.2. The van der Waals surface area contributed by atoms with E-state index in [1.54, 1.807) is 12.5 Å². The Hall–Kier alpha value is -2.01. The van der Waals surface area contributed by atoms with Gasteiger partial charge in [-0.25, -0.2) is 4.98 Å². The number of anilines is 1. The summed E-state index contributed by atoms with van der Waals surface area (Å²) in [6.45, 7) is 3.90. The summed E-state index contributed by atoms with van der Waals surface area (Å²) in [4.78, 5) is 20.4. The van der Waals surface area contributed by atoms with Crippen molar-refractivity contribution < 1.29 is 4.79 Å². The average molecular weight is 319 g/mol. The van der Waals surface area contributed by atoms with Gasteiger partial charge in [-0.2, -0.15) is 0 Å². The van der Waals surface area contributed by atoms with E-state index in [-0.39, 0.29) is 5.91 Å². The first-order valence-electron chi connectivity index (χ1n) is 7.46. The van der Waals surface area contributed by atoms with Crippen LogP contribution in [0.3, 0.4) is 0 Å². The Bertz CT molecular complexity index is 621. The molecule has 0 saturated carbocycles. The maximum absolute atomic E-state index is 12.2. The van der Waals surface area contributed by atoms with Gasteiger partial charge in [0.05, 0.1) is 6.33 Å². The fourth-order valence-electron chi connectivity index (χ4n) is 2.69. The van der Waals surface area contributed by atoms with Crippen molar-refractivity contribution in [3.63, 3.8) is 0 Å². The van der Waals surface area contributed by atoms with Crippen LogP contribution in [-0.4, -0.2) is 46.5 Å². The number of amides is 1. The van der Waals surface area contributed by atoms with E-state index in [2.05, 4.69) is 16.0 Å². The molecular weight excluding hydrogens is 300 g/mol. The second-order valence-electron chi connectivity index (χ2n) is 5.40.